The molecule has 3 rings (SSSR count). The fourth-order valence-electron chi connectivity index (χ4n) is 2.73. The van der Waals surface area contributed by atoms with E-state index in [-0.39, 0.29) is 17.7 Å². The average molecular weight is 369 g/mol. The molecule has 0 saturated carbocycles. The zero-order valence-corrected chi connectivity index (χ0v) is 14.9. The van der Waals surface area contributed by atoms with Crippen LogP contribution < -0.4 is 5.32 Å². The molecule has 1 atom stereocenters. The molecular formula is C14H19N5O3S2. The maximum atomic E-state index is 12.2. The second kappa shape index (κ2) is 6.99. The van der Waals surface area contributed by atoms with Crippen LogP contribution in [0.5, 0.6) is 0 Å². The maximum absolute atomic E-state index is 12.2. The molecule has 0 bridgehead atoms. The summed E-state index contributed by atoms with van der Waals surface area (Å²) in [6.45, 7) is 2.79. The molecule has 1 aliphatic heterocycles. The summed E-state index contributed by atoms with van der Waals surface area (Å²) in [6, 6.07) is 1.74. The molecule has 130 valence electrons. The van der Waals surface area contributed by atoms with Crippen LogP contribution in [0.2, 0.25) is 0 Å². The Balaban J connectivity index is 1.65. The molecule has 1 amide bonds. The molecule has 0 radical (unpaired) electrons. The summed E-state index contributed by atoms with van der Waals surface area (Å²) in [4.78, 5) is 15.9. The zero-order valence-electron chi connectivity index (χ0n) is 13.3. The van der Waals surface area contributed by atoms with Crippen LogP contribution in [0.1, 0.15) is 35.6 Å². The minimum Gasteiger partial charge on any atom is -0.351 e. The van der Waals surface area contributed by atoms with Gasteiger partial charge in [-0.1, -0.05) is 0 Å². The number of fused-ring (bicyclic) bond motifs is 1. The highest BCUT2D eigenvalue weighted by atomic mass is 32.2. The Hall–Kier alpha value is -1.78. The van der Waals surface area contributed by atoms with Gasteiger partial charge in [0.15, 0.2) is 0 Å². The molecule has 2 aromatic heterocycles. The summed E-state index contributed by atoms with van der Waals surface area (Å²) in [5, 5.41) is 8.81. The first kappa shape index (κ1) is 17.1. The first-order valence-corrected chi connectivity index (χ1v) is 10.2. The summed E-state index contributed by atoms with van der Waals surface area (Å²) in [5.41, 5.74) is 2.88. The predicted octanol–water partition coefficient (Wildman–Crippen LogP) is 0.866. The zero-order chi connectivity index (χ0) is 17.2. The fourth-order valence-corrected chi connectivity index (χ4v) is 4.35. The number of rotatable bonds is 6. The van der Waals surface area contributed by atoms with Gasteiger partial charge in [-0.3, -0.25) is 9.48 Å². The molecule has 3 heterocycles. The first-order chi connectivity index (χ1) is 11.5. The third-order valence-electron chi connectivity index (χ3n) is 4.04. The summed E-state index contributed by atoms with van der Waals surface area (Å²) in [5.74, 6) is -0.139. The Labute approximate surface area is 144 Å². The van der Waals surface area contributed by atoms with E-state index in [9.17, 15) is 13.2 Å². The molecule has 0 aliphatic carbocycles. The minimum absolute atomic E-state index is 0.0778. The number of sulfonamides is 1. The Kier molecular flexibility index (Phi) is 4.97. The van der Waals surface area contributed by atoms with Crippen molar-refractivity contribution in [3.05, 3.63) is 34.5 Å². The third kappa shape index (κ3) is 3.50. The van der Waals surface area contributed by atoms with Crippen molar-refractivity contribution in [2.75, 3.05) is 18.8 Å². The molecule has 10 heteroatoms. The van der Waals surface area contributed by atoms with Crippen molar-refractivity contribution in [2.24, 2.45) is 0 Å². The lowest BCUT2D eigenvalue weighted by atomic mass is 10.1. The van der Waals surface area contributed by atoms with E-state index < -0.39 is 10.0 Å². The predicted molar refractivity (Wildman–Crippen MR) is 90.2 cm³/mol. The van der Waals surface area contributed by atoms with Crippen molar-refractivity contribution in [3.63, 3.8) is 0 Å². The van der Waals surface area contributed by atoms with Crippen molar-refractivity contribution >= 4 is 27.3 Å². The number of aromatic nitrogens is 3. The van der Waals surface area contributed by atoms with Crippen LogP contribution in [-0.4, -0.2) is 52.2 Å². The molecule has 0 fully saturated rings. The van der Waals surface area contributed by atoms with Gasteiger partial charge < -0.3 is 5.32 Å². The number of carbonyl (C=O) groups excluding carboxylic acids is 1. The van der Waals surface area contributed by atoms with Crippen molar-refractivity contribution in [2.45, 2.75) is 25.9 Å². The Bertz CT molecular complexity index is 800. The number of thiazole rings is 1. The molecule has 0 saturated heterocycles. The number of nitrogens with zero attached hydrogens (tertiary/aromatic N) is 4. The molecule has 1 N–H and O–H groups in total. The molecule has 1 aliphatic rings. The van der Waals surface area contributed by atoms with Gasteiger partial charge in [-0.15, -0.1) is 11.3 Å². The van der Waals surface area contributed by atoms with Crippen LogP contribution in [0.4, 0.5) is 0 Å². The minimum atomic E-state index is -3.26. The van der Waals surface area contributed by atoms with Crippen LogP contribution in [-0.2, 0) is 16.6 Å². The topological polar surface area (TPSA) is 97.2 Å². The summed E-state index contributed by atoms with van der Waals surface area (Å²) >= 11 is 1.37. The van der Waals surface area contributed by atoms with Crippen molar-refractivity contribution in [1.29, 1.82) is 0 Å². The highest BCUT2D eigenvalue weighted by molar-refractivity contribution is 7.89. The highest BCUT2D eigenvalue weighted by Crippen LogP contribution is 2.24. The average Bonchev–Trinajstić information content (AvgIpc) is 3.25. The van der Waals surface area contributed by atoms with E-state index in [1.54, 1.807) is 24.0 Å². The molecule has 1 unspecified atom stereocenters. The SMILES string of the molecule is CCS(=O)(=O)N1Cc2ccnn2C(CCNC(=O)c2cscn2)C1. The second-order valence-corrected chi connectivity index (χ2v) is 8.51. The smallest absolute Gasteiger partial charge is 0.270 e. The number of hydrogen-bond acceptors (Lipinski definition) is 6. The molecule has 2 aromatic rings. The van der Waals surface area contributed by atoms with Gasteiger partial charge in [0.2, 0.25) is 10.0 Å². The van der Waals surface area contributed by atoms with Crippen molar-refractivity contribution < 1.29 is 13.2 Å². The quantitative estimate of drug-likeness (QED) is 0.815. The van der Waals surface area contributed by atoms with E-state index in [1.165, 1.54) is 15.6 Å². The van der Waals surface area contributed by atoms with Crippen LogP contribution in [0.3, 0.4) is 0 Å². The molecule has 0 spiro atoms. The monoisotopic (exact) mass is 369 g/mol. The van der Waals surface area contributed by atoms with Crippen LogP contribution in [0, 0.1) is 0 Å². The molecule has 8 nitrogen and oxygen atoms in total. The van der Waals surface area contributed by atoms with E-state index in [2.05, 4.69) is 15.4 Å². The fraction of sp³-hybridized carbons (Fsp3) is 0.500. The molecular weight excluding hydrogens is 350 g/mol. The number of nitrogens with one attached hydrogen (secondary N) is 1. The normalized spacial score (nSPS) is 18.3. The van der Waals surface area contributed by atoms with Gasteiger partial charge in [-0.25, -0.2) is 13.4 Å². The van der Waals surface area contributed by atoms with E-state index in [1.807, 2.05) is 10.7 Å². The van der Waals surface area contributed by atoms with Crippen LogP contribution in [0.25, 0.3) is 0 Å². The van der Waals surface area contributed by atoms with Crippen LogP contribution >= 0.6 is 11.3 Å². The third-order valence-corrected chi connectivity index (χ3v) is 6.42. The highest BCUT2D eigenvalue weighted by Gasteiger charge is 2.31. The van der Waals surface area contributed by atoms with Crippen molar-refractivity contribution in [1.82, 2.24) is 24.4 Å². The number of amides is 1. The maximum Gasteiger partial charge on any atom is 0.270 e. The van der Waals surface area contributed by atoms with Gasteiger partial charge in [-0.2, -0.15) is 9.40 Å². The Morgan fingerprint density at radius 1 is 1.50 bits per heavy atom. The van der Waals surface area contributed by atoms with E-state index >= 15 is 0 Å². The Morgan fingerprint density at radius 2 is 2.33 bits per heavy atom. The van der Waals surface area contributed by atoms with Gasteiger partial charge >= 0.3 is 0 Å². The van der Waals surface area contributed by atoms with Gasteiger partial charge in [0.1, 0.15) is 5.69 Å². The molecule has 0 aromatic carbocycles. The Morgan fingerprint density at radius 3 is 3.04 bits per heavy atom. The van der Waals surface area contributed by atoms with E-state index in [0.29, 0.717) is 31.7 Å². The first-order valence-electron chi connectivity index (χ1n) is 7.68. The lowest BCUT2D eigenvalue weighted by Gasteiger charge is -2.33. The largest absolute Gasteiger partial charge is 0.351 e. The van der Waals surface area contributed by atoms with Gasteiger partial charge in [-0.05, 0) is 19.4 Å². The second-order valence-electron chi connectivity index (χ2n) is 5.53. The lowest BCUT2D eigenvalue weighted by Crippen LogP contribution is -2.42. The van der Waals surface area contributed by atoms with Gasteiger partial charge in [0.25, 0.3) is 5.91 Å². The summed E-state index contributed by atoms with van der Waals surface area (Å²) < 4.78 is 27.7. The van der Waals surface area contributed by atoms with E-state index in [4.69, 9.17) is 0 Å². The number of hydrogen-bond donors (Lipinski definition) is 1. The summed E-state index contributed by atoms with van der Waals surface area (Å²) in [6.07, 6.45) is 2.28. The van der Waals surface area contributed by atoms with E-state index in [0.717, 1.165) is 5.69 Å². The summed E-state index contributed by atoms with van der Waals surface area (Å²) in [7, 11) is -3.26. The molecule has 24 heavy (non-hydrogen) atoms. The number of carbonyl (C=O) groups is 1. The van der Waals surface area contributed by atoms with Crippen LogP contribution in [0.15, 0.2) is 23.2 Å². The lowest BCUT2D eigenvalue weighted by molar-refractivity contribution is 0.0945. The van der Waals surface area contributed by atoms with Gasteiger partial charge in [0, 0.05) is 24.7 Å². The van der Waals surface area contributed by atoms with Crippen molar-refractivity contribution in [3.8, 4) is 0 Å². The standard InChI is InChI=1S/C14H19N5O3S2/c1-2-24(21,22)18-7-11(19-12(8-18)4-6-17-19)3-5-15-14(20)13-9-23-10-16-13/h4,6,9-11H,2-3,5,7-8H2,1H3,(H,15,20). The van der Waals surface area contributed by atoms with Gasteiger partial charge in [0.05, 0.1) is 29.5 Å².